The smallest absolute Gasteiger partial charge is 0.138 e. The number of nitrogens with zero attached hydrogens (tertiary/aromatic N) is 3. The van der Waals surface area contributed by atoms with Gasteiger partial charge in [-0.3, -0.25) is 15.1 Å². The minimum absolute atomic E-state index is 0.300. The largest absolute Gasteiger partial charge is 0.489 e. The molecule has 1 saturated carbocycles. The molecule has 0 unspecified atom stereocenters. The Morgan fingerprint density at radius 1 is 0.833 bits per heavy atom. The van der Waals surface area contributed by atoms with Crippen LogP contribution in [0.15, 0.2) is 72.6 Å². The third-order valence-corrected chi connectivity index (χ3v) is 7.95. The van der Waals surface area contributed by atoms with Gasteiger partial charge in [0.05, 0.1) is 35.2 Å². The van der Waals surface area contributed by atoms with Crippen LogP contribution in [0.25, 0.3) is 54.8 Å². The monoisotopic (exact) mass is 491 g/mol. The second kappa shape index (κ2) is 8.91. The van der Waals surface area contributed by atoms with E-state index in [9.17, 15) is 0 Å². The van der Waals surface area contributed by atoms with Gasteiger partial charge in [0.25, 0.3) is 0 Å². The molecule has 2 N–H and O–H groups in total. The molecule has 178 valence electrons. The van der Waals surface area contributed by atoms with Crippen LogP contribution in [0.3, 0.4) is 0 Å². The predicted molar refractivity (Wildman–Crippen MR) is 145 cm³/mol. The van der Waals surface area contributed by atoms with Gasteiger partial charge in [0.2, 0.25) is 0 Å². The van der Waals surface area contributed by atoms with Crippen LogP contribution in [0.2, 0.25) is 0 Å². The molecule has 36 heavy (non-hydrogen) atoms. The number of H-pyrrole nitrogens is 2. The van der Waals surface area contributed by atoms with E-state index in [-0.39, 0.29) is 0 Å². The number of rotatable bonds is 5. The highest BCUT2D eigenvalue weighted by molar-refractivity contribution is 7.13. The second-order valence-electron chi connectivity index (χ2n) is 9.43. The first-order valence-corrected chi connectivity index (χ1v) is 13.3. The number of thiophene rings is 1. The zero-order chi connectivity index (χ0) is 23.9. The summed E-state index contributed by atoms with van der Waals surface area (Å²) in [7, 11) is 0. The molecule has 5 aromatic heterocycles. The molecule has 5 heterocycles. The van der Waals surface area contributed by atoms with Crippen molar-refractivity contribution >= 4 is 33.1 Å². The van der Waals surface area contributed by atoms with Gasteiger partial charge in [0, 0.05) is 39.2 Å². The van der Waals surface area contributed by atoms with E-state index in [1.54, 1.807) is 11.3 Å². The summed E-state index contributed by atoms with van der Waals surface area (Å²) in [4.78, 5) is 13.7. The van der Waals surface area contributed by atoms with Crippen LogP contribution in [0.5, 0.6) is 5.75 Å². The van der Waals surface area contributed by atoms with E-state index < -0.39 is 0 Å². The third-order valence-electron chi connectivity index (χ3n) is 7.05. The van der Waals surface area contributed by atoms with E-state index in [1.807, 2.05) is 24.8 Å². The Labute approximate surface area is 212 Å². The van der Waals surface area contributed by atoms with E-state index in [0.717, 1.165) is 68.5 Å². The minimum Gasteiger partial charge on any atom is -0.489 e. The van der Waals surface area contributed by atoms with Gasteiger partial charge in [-0.15, -0.1) is 11.3 Å². The summed E-state index contributed by atoms with van der Waals surface area (Å²) in [5.41, 5.74) is 7.11. The molecule has 7 rings (SSSR count). The molecule has 0 amide bonds. The Balaban J connectivity index is 1.26. The van der Waals surface area contributed by atoms with Crippen LogP contribution in [0.1, 0.15) is 32.1 Å². The van der Waals surface area contributed by atoms with Gasteiger partial charge in [-0.25, -0.2) is 0 Å². The van der Waals surface area contributed by atoms with Crippen molar-refractivity contribution in [2.75, 3.05) is 0 Å². The maximum atomic E-state index is 6.27. The van der Waals surface area contributed by atoms with Crippen LogP contribution in [-0.2, 0) is 0 Å². The topological polar surface area (TPSA) is 79.5 Å². The highest BCUT2D eigenvalue weighted by atomic mass is 32.1. The minimum atomic E-state index is 0.300. The lowest BCUT2D eigenvalue weighted by Crippen LogP contribution is -2.19. The number of benzene rings is 1. The van der Waals surface area contributed by atoms with Gasteiger partial charge >= 0.3 is 0 Å². The molecule has 1 aliphatic carbocycles. The van der Waals surface area contributed by atoms with Crippen molar-refractivity contribution in [2.45, 2.75) is 38.2 Å². The maximum absolute atomic E-state index is 6.27. The first kappa shape index (κ1) is 21.3. The van der Waals surface area contributed by atoms with E-state index in [2.05, 4.69) is 73.0 Å². The number of nitrogens with one attached hydrogen (secondary N) is 2. The highest BCUT2D eigenvalue weighted by Gasteiger charge is 2.17. The number of fused-ring (bicyclic) bond motifs is 2. The SMILES string of the molecule is c1csc(-c2cncc3[nH]c(-c4n[nH]c5ccc(-c6cncc(OC7CCCCC7)c6)cc45)cc23)c1. The average Bonchev–Trinajstić information content (AvgIpc) is 3.68. The summed E-state index contributed by atoms with van der Waals surface area (Å²) in [5, 5.41) is 12.2. The number of pyridine rings is 2. The summed E-state index contributed by atoms with van der Waals surface area (Å²) in [6.07, 6.45) is 13.9. The quantitative estimate of drug-likeness (QED) is 0.260. The van der Waals surface area contributed by atoms with E-state index >= 15 is 0 Å². The highest BCUT2D eigenvalue weighted by Crippen LogP contribution is 2.36. The maximum Gasteiger partial charge on any atom is 0.138 e. The van der Waals surface area contributed by atoms with E-state index in [0.29, 0.717) is 6.10 Å². The van der Waals surface area contributed by atoms with Crippen LogP contribution in [0, 0.1) is 0 Å². The molecule has 6 nitrogen and oxygen atoms in total. The van der Waals surface area contributed by atoms with Crippen LogP contribution in [0.4, 0.5) is 0 Å². The van der Waals surface area contributed by atoms with Gasteiger partial charge in [0.1, 0.15) is 11.4 Å². The van der Waals surface area contributed by atoms with Crippen molar-refractivity contribution in [1.82, 2.24) is 25.1 Å². The van der Waals surface area contributed by atoms with Crippen molar-refractivity contribution in [1.29, 1.82) is 0 Å². The summed E-state index contributed by atoms with van der Waals surface area (Å²) >= 11 is 1.72. The fourth-order valence-electron chi connectivity index (χ4n) is 5.22. The van der Waals surface area contributed by atoms with Crippen molar-refractivity contribution in [3.63, 3.8) is 0 Å². The molecule has 0 bridgehead atoms. The van der Waals surface area contributed by atoms with Crippen molar-refractivity contribution in [2.24, 2.45) is 0 Å². The van der Waals surface area contributed by atoms with Crippen molar-refractivity contribution in [3.8, 4) is 38.7 Å². The van der Waals surface area contributed by atoms with Gasteiger partial charge in [-0.1, -0.05) is 18.6 Å². The lowest BCUT2D eigenvalue weighted by molar-refractivity contribution is 0.154. The van der Waals surface area contributed by atoms with E-state index in [4.69, 9.17) is 4.74 Å². The molecule has 7 heteroatoms. The second-order valence-corrected chi connectivity index (χ2v) is 10.4. The number of aromatic nitrogens is 5. The van der Waals surface area contributed by atoms with Crippen molar-refractivity contribution in [3.05, 3.63) is 72.6 Å². The Bertz CT molecular complexity index is 1660. The lowest BCUT2D eigenvalue weighted by atomic mass is 9.98. The first-order valence-electron chi connectivity index (χ1n) is 12.4. The molecular formula is C29H25N5OS. The van der Waals surface area contributed by atoms with Crippen LogP contribution in [-0.4, -0.2) is 31.3 Å². The Hall–Kier alpha value is -3.97. The molecule has 1 aromatic carbocycles. The normalized spacial score (nSPS) is 14.6. The fourth-order valence-corrected chi connectivity index (χ4v) is 5.97. The molecule has 0 spiro atoms. The van der Waals surface area contributed by atoms with Gasteiger partial charge in [-0.2, -0.15) is 5.10 Å². The molecule has 6 aromatic rings. The number of hydrogen-bond donors (Lipinski definition) is 2. The molecule has 0 radical (unpaired) electrons. The number of ether oxygens (including phenoxy) is 1. The first-order chi connectivity index (χ1) is 17.8. The molecule has 1 aliphatic rings. The molecule has 0 saturated heterocycles. The van der Waals surface area contributed by atoms with Gasteiger partial charge < -0.3 is 9.72 Å². The van der Waals surface area contributed by atoms with Crippen LogP contribution < -0.4 is 4.74 Å². The van der Waals surface area contributed by atoms with Crippen molar-refractivity contribution < 1.29 is 4.74 Å². The predicted octanol–water partition coefficient (Wildman–Crippen LogP) is 7.61. The van der Waals surface area contributed by atoms with Gasteiger partial charge in [0.15, 0.2) is 0 Å². The average molecular weight is 492 g/mol. The standard InChI is InChI=1S/C29H25N5OS/c1-2-5-20(6-3-1)35-21-11-19(14-30-15-21)18-8-9-25-23(12-18)29(34-33-25)26-13-22-24(28-7-4-10-36-28)16-31-17-27(22)32-26/h4,7-17,20,32H,1-3,5-6H2,(H,33,34). The third kappa shape index (κ3) is 3.85. The Kier molecular flexibility index (Phi) is 5.28. The zero-order valence-electron chi connectivity index (χ0n) is 19.7. The molecular weight excluding hydrogens is 466 g/mol. The van der Waals surface area contributed by atoms with Gasteiger partial charge in [-0.05, 0) is 67.0 Å². The Morgan fingerprint density at radius 3 is 2.64 bits per heavy atom. The fraction of sp³-hybridized carbons (Fsp3) is 0.207. The zero-order valence-corrected chi connectivity index (χ0v) is 20.5. The number of aromatic amines is 2. The van der Waals surface area contributed by atoms with Crippen LogP contribution >= 0.6 is 11.3 Å². The summed E-state index contributed by atoms with van der Waals surface area (Å²) in [6.45, 7) is 0. The molecule has 0 atom stereocenters. The lowest BCUT2D eigenvalue weighted by Gasteiger charge is -2.23. The number of hydrogen-bond acceptors (Lipinski definition) is 5. The summed E-state index contributed by atoms with van der Waals surface area (Å²) < 4.78 is 6.27. The molecule has 1 fully saturated rings. The molecule has 0 aliphatic heterocycles. The summed E-state index contributed by atoms with van der Waals surface area (Å²) in [6, 6.07) is 14.8. The summed E-state index contributed by atoms with van der Waals surface area (Å²) in [5.74, 6) is 0.844. The van der Waals surface area contributed by atoms with E-state index in [1.165, 1.54) is 24.1 Å². The Morgan fingerprint density at radius 2 is 1.75 bits per heavy atom.